The van der Waals surface area contributed by atoms with Crippen LogP contribution in [0.2, 0.25) is 0 Å². The summed E-state index contributed by atoms with van der Waals surface area (Å²) >= 11 is 1.60. The van der Waals surface area contributed by atoms with Gasteiger partial charge in [-0.15, -0.1) is 0 Å². The number of methoxy groups -OCH3 is 1. The zero-order valence-electron chi connectivity index (χ0n) is 16.8. The number of aromatic nitrogens is 2. The third-order valence-corrected chi connectivity index (χ3v) is 5.27. The number of nitrogens with zero attached hydrogens (tertiary/aromatic N) is 2. The van der Waals surface area contributed by atoms with Crippen LogP contribution < -0.4 is 9.47 Å². The van der Waals surface area contributed by atoms with Crippen LogP contribution in [0.15, 0.2) is 59.8 Å². The fourth-order valence-electron chi connectivity index (χ4n) is 2.72. The molecule has 0 aliphatic carbocycles. The molecule has 0 amide bonds. The summed E-state index contributed by atoms with van der Waals surface area (Å²) in [4.78, 5) is 9.24. The van der Waals surface area contributed by atoms with E-state index in [0.717, 1.165) is 34.5 Å². The molecule has 146 valence electrons. The molecule has 0 saturated carbocycles. The van der Waals surface area contributed by atoms with Gasteiger partial charge in [-0.05, 0) is 47.7 Å². The second kappa shape index (κ2) is 9.60. The molecule has 0 N–H and O–H groups in total. The van der Waals surface area contributed by atoms with E-state index in [0.29, 0.717) is 11.8 Å². The molecular weight excluding hydrogens is 368 g/mol. The first-order valence-corrected chi connectivity index (χ1v) is 10.5. The van der Waals surface area contributed by atoms with Gasteiger partial charge in [0.1, 0.15) is 11.5 Å². The number of aryl methyl sites for hydroxylation is 1. The number of hydrogen-bond acceptors (Lipinski definition) is 5. The van der Waals surface area contributed by atoms with Crippen molar-refractivity contribution >= 4 is 11.8 Å². The molecule has 5 heteroatoms. The van der Waals surface area contributed by atoms with E-state index in [-0.39, 0.29) is 0 Å². The van der Waals surface area contributed by atoms with Crippen molar-refractivity contribution in [3.8, 4) is 17.4 Å². The van der Waals surface area contributed by atoms with Crippen molar-refractivity contribution < 1.29 is 9.47 Å². The zero-order chi connectivity index (χ0) is 19.9. The number of ether oxygens (including phenoxy) is 2. The topological polar surface area (TPSA) is 44.2 Å². The lowest BCUT2D eigenvalue weighted by Gasteiger charge is -2.11. The summed E-state index contributed by atoms with van der Waals surface area (Å²) in [7, 11) is 1.68. The molecule has 3 rings (SSSR count). The van der Waals surface area contributed by atoms with E-state index >= 15 is 0 Å². The molecule has 1 aromatic heterocycles. The van der Waals surface area contributed by atoms with E-state index in [1.807, 2.05) is 36.4 Å². The lowest BCUT2D eigenvalue weighted by Crippen LogP contribution is -1.98. The van der Waals surface area contributed by atoms with Crippen molar-refractivity contribution in [3.63, 3.8) is 0 Å². The van der Waals surface area contributed by atoms with Gasteiger partial charge in [0.15, 0.2) is 5.16 Å². The Labute approximate surface area is 171 Å². The predicted octanol–water partition coefficient (Wildman–Crippen LogP) is 6.26. The van der Waals surface area contributed by atoms with Crippen LogP contribution in [-0.2, 0) is 12.2 Å². The van der Waals surface area contributed by atoms with Crippen LogP contribution >= 0.6 is 11.8 Å². The first kappa shape index (κ1) is 20.2. The van der Waals surface area contributed by atoms with Crippen molar-refractivity contribution in [2.24, 2.45) is 0 Å². The van der Waals surface area contributed by atoms with E-state index < -0.39 is 0 Å². The highest BCUT2D eigenvalue weighted by molar-refractivity contribution is 7.98. The minimum Gasteiger partial charge on any atom is -0.497 e. The second-order valence-electron chi connectivity index (χ2n) is 6.80. The Kier molecular flexibility index (Phi) is 6.93. The van der Waals surface area contributed by atoms with Gasteiger partial charge < -0.3 is 9.47 Å². The van der Waals surface area contributed by atoms with E-state index in [9.17, 15) is 0 Å². The van der Waals surface area contributed by atoms with E-state index in [1.165, 1.54) is 11.1 Å². The Morgan fingerprint density at radius 1 is 0.964 bits per heavy atom. The van der Waals surface area contributed by atoms with Gasteiger partial charge in [-0.3, -0.25) is 0 Å². The Hall–Kier alpha value is -2.53. The summed E-state index contributed by atoms with van der Waals surface area (Å²) in [6.45, 7) is 6.43. The molecule has 0 aliphatic rings. The minimum absolute atomic E-state index is 0.453. The van der Waals surface area contributed by atoms with Crippen molar-refractivity contribution in [2.45, 2.75) is 44.0 Å². The molecule has 0 unspecified atom stereocenters. The summed E-state index contributed by atoms with van der Waals surface area (Å²) in [5.41, 5.74) is 3.38. The molecule has 0 spiro atoms. The van der Waals surface area contributed by atoms with E-state index in [2.05, 4.69) is 48.9 Å². The second-order valence-corrected chi connectivity index (χ2v) is 7.75. The first-order valence-electron chi connectivity index (χ1n) is 9.49. The smallest absolute Gasteiger partial charge is 0.223 e. The molecule has 0 atom stereocenters. The molecule has 0 aliphatic heterocycles. The summed E-state index contributed by atoms with van der Waals surface area (Å²) in [6, 6.07) is 18.1. The van der Waals surface area contributed by atoms with Crippen LogP contribution in [0.25, 0.3) is 0 Å². The van der Waals surface area contributed by atoms with E-state index in [4.69, 9.17) is 9.47 Å². The van der Waals surface area contributed by atoms with Crippen molar-refractivity contribution in [3.05, 3.63) is 71.4 Å². The maximum Gasteiger partial charge on any atom is 0.223 e. The Morgan fingerprint density at radius 2 is 1.75 bits per heavy atom. The maximum absolute atomic E-state index is 6.06. The van der Waals surface area contributed by atoms with Crippen LogP contribution in [0.4, 0.5) is 0 Å². The SMILES string of the molecule is CCc1cc(Oc2cccc(C(C)C)c2)nc(SCc2cccc(OC)c2)n1. The van der Waals surface area contributed by atoms with Gasteiger partial charge in [-0.25, -0.2) is 4.98 Å². The fraction of sp³-hybridized carbons (Fsp3) is 0.304. The third-order valence-electron chi connectivity index (χ3n) is 4.35. The summed E-state index contributed by atoms with van der Waals surface area (Å²) < 4.78 is 11.4. The quantitative estimate of drug-likeness (QED) is 0.333. The van der Waals surface area contributed by atoms with Crippen LogP contribution in [0.3, 0.4) is 0 Å². The summed E-state index contributed by atoms with van der Waals surface area (Å²) in [5.74, 6) is 3.47. The molecule has 0 fully saturated rings. The standard InChI is InChI=1S/C23H26N2O2S/c1-5-19-14-22(27-21-11-7-9-18(13-21)16(2)3)25-23(24-19)28-15-17-8-6-10-20(12-17)26-4/h6-14,16H,5,15H2,1-4H3. The lowest BCUT2D eigenvalue weighted by molar-refractivity contribution is 0.414. The molecule has 0 bridgehead atoms. The number of rotatable bonds is 8. The largest absolute Gasteiger partial charge is 0.497 e. The number of thioether (sulfide) groups is 1. The van der Waals surface area contributed by atoms with Crippen LogP contribution in [0.1, 0.15) is 43.5 Å². The normalized spacial score (nSPS) is 10.9. The first-order chi connectivity index (χ1) is 13.6. The summed E-state index contributed by atoms with van der Waals surface area (Å²) in [6.07, 6.45) is 0.831. The molecule has 1 heterocycles. The summed E-state index contributed by atoms with van der Waals surface area (Å²) in [5, 5.41) is 0.720. The Bertz CT molecular complexity index is 928. The average Bonchev–Trinajstić information content (AvgIpc) is 2.72. The molecule has 2 aromatic carbocycles. The molecule has 3 aromatic rings. The van der Waals surface area contributed by atoms with Crippen LogP contribution in [0, 0.1) is 0 Å². The lowest BCUT2D eigenvalue weighted by atomic mass is 10.0. The van der Waals surface area contributed by atoms with Gasteiger partial charge >= 0.3 is 0 Å². The van der Waals surface area contributed by atoms with Crippen LogP contribution in [-0.4, -0.2) is 17.1 Å². The van der Waals surface area contributed by atoms with Gasteiger partial charge in [0.25, 0.3) is 0 Å². The zero-order valence-corrected chi connectivity index (χ0v) is 17.6. The van der Waals surface area contributed by atoms with E-state index in [1.54, 1.807) is 18.9 Å². The fourth-order valence-corrected chi connectivity index (χ4v) is 3.53. The Balaban J connectivity index is 1.77. The third kappa shape index (κ3) is 5.49. The monoisotopic (exact) mass is 394 g/mol. The molecule has 0 saturated heterocycles. The average molecular weight is 395 g/mol. The highest BCUT2D eigenvalue weighted by atomic mass is 32.2. The van der Waals surface area contributed by atoms with Gasteiger partial charge in [0.05, 0.1) is 7.11 Å². The van der Waals surface area contributed by atoms with Crippen molar-refractivity contribution in [1.29, 1.82) is 0 Å². The molecule has 4 nitrogen and oxygen atoms in total. The van der Waals surface area contributed by atoms with Crippen molar-refractivity contribution in [1.82, 2.24) is 9.97 Å². The highest BCUT2D eigenvalue weighted by Crippen LogP contribution is 2.28. The highest BCUT2D eigenvalue weighted by Gasteiger charge is 2.09. The number of hydrogen-bond donors (Lipinski definition) is 0. The molecule has 28 heavy (non-hydrogen) atoms. The molecular formula is C23H26N2O2S. The Morgan fingerprint density at radius 3 is 2.50 bits per heavy atom. The van der Waals surface area contributed by atoms with Gasteiger partial charge in [0.2, 0.25) is 5.88 Å². The number of benzene rings is 2. The van der Waals surface area contributed by atoms with Gasteiger partial charge in [-0.2, -0.15) is 4.98 Å². The van der Waals surface area contributed by atoms with Crippen molar-refractivity contribution in [2.75, 3.05) is 7.11 Å². The molecule has 0 radical (unpaired) electrons. The van der Waals surface area contributed by atoms with Crippen LogP contribution in [0.5, 0.6) is 17.4 Å². The maximum atomic E-state index is 6.06. The van der Waals surface area contributed by atoms with Gasteiger partial charge in [0, 0.05) is 17.5 Å². The predicted molar refractivity (Wildman–Crippen MR) is 115 cm³/mol. The van der Waals surface area contributed by atoms with Gasteiger partial charge in [-0.1, -0.05) is 56.8 Å². The minimum atomic E-state index is 0.453.